The third-order valence-electron chi connectivity index (χ3n) is 4.16. The van der Waals surface area contributed by atoms with E-state index in [1.807, 2.05) is 0 Å². The van der Waals surface area contributed by atoms with Gasteiger partial charge in [-0.25, -0.2) is 13.1 Å². The maximum atomic E-state index is 12.8. The lowest BCUT2D eigenvalue weighted by molar-refractivity contribution is -0.125. The summed E-state index contributed by atoms with van der Waals surface area (Å²) in [6.45, 7) is 3.51. The molecule has 2 amide bonds. The number of piperidine rings is 1. The molecule has 1 aromatic carbocycles. The molecule has 1 aliphatic rings. The van der Waals surface area contributed by atoms with Gasteiger partial charge in [-0.15, -0.1) is 0 Å². The zero-order chi connectivity index (χ0) is 19.0. The number of carbonyl (C=O) groups is 2. The number of sulfonamides is 1. The fourth-order valence-corrected chi connectivity index (χ4v) is 4.65. The average molecular weight is 388 g/mol. The molecule has 0 saturated carbocycles. The summed E-state index contributed by atoms with van der Waals surface area (Å²) in [7, 11) is -0.805. The normalized spacial score (nSPS) is 20.0. The number of halogens is 1. The summed E-state index contributed by atoms with van der Waals surface area (Å²) in [5.41, 5.74) is -0.502. The molecule has 7 nitrogen and oxygen atoms in total. The molecule has 0 aromatic heterocycles. The van der Waals surface area contributed by atoms with Crippen LogP contribution in [-0.2, 0) is 14.8 Å². The number of nitrogens with one attached hydrogen (secondary N) is 2. The highest BCUT2D eigenvalue weighted by molar-refractivity contribution is 7.89. The highest BCUT2D eigenvalue weighted by Crippen LogP contribution is 2.26. The van der Waals surface area contributed by atoms with E-state index in [1.54, 1.807) is 27.9 Å². The van der Waals surface area contributed by atoms with Crippen molar-refractivity contribution in [1.29, 1.82) is 0 Å². The second-order valence-electron chi connectivity index (χ2n) is 6.83. The largest absolute Gasteiger partial charge is 0.350 e. The SMILES string of the molecule is CN(C)C(=O)c1ccc(Cl)c(S(=O)(=O)NC2CCC(=O)NC2(C)C)c1. The molecular weight excluding hydrogens is 366 g/mol. The van der Waals surface area contributed by atoms with Gasteiger partial charge >= 0.3 is 0 Å². The topological polar surface area (TPSA) is 95.6 Å². The molecule has 2 N–H and O–H groups in total. The Bertz CT molecular complexity index is 806. The maximum Gasteiger partial charge on any atom is 0.253 e. The molecule has 1 aromatic rings. The fourth-order valence-electron chi connectivity index (χ4n) is 2.70. The Labute approximate surface area is 152 Å². The molecule has 1 heterocycles. The van der Waals surface area contributed by atoms with Gasteiger partial charge in [-0.3, -0.25) is 9.59 Å². The standard InChI is InChI=1S/C16H22ClN3O4S/c1-16(2)13(7-8-14(21)18-16)19-25(23,24)12-9-10(5-6-11(12)17)15(22)20(3)4/h5-6,9,13,19H,7-8H2,1-4H3,(H,18,21). The van der Waals surface area contributed by atoms with Crippen LogP contribution < -0.4 is 10.0 Å². The van der Waals surface area contributed by atoms with Gasteiger partial charge in [0.1, 0.15) is 4.90 Å². The second kappa shape index (κ2) is 6.93. The van der Waals surface area contributed by atoms with Crippen molar-refractivity contribution in [3.63, 3.8) is 0 Å². The third-order valence-corrected chi connectivity index (χ3v) is 6.12. The van der Waals surface area contributed by atoms with Gasteiger partial charge in [-0.2, -0.15) is 0 Å². The Morgan fingerprint density at radius 2 is 2.00 bits per heavy atom. The van der Waals surface area contributed by atoms with Crippen LogP contribution in [0, 0.1) is 0 Å². The first-order valence-corrected chi connectivity index (χ1v) is 9.65. The Hall–Kier alpha value is -1.64. The predicted molar refractivity (Wildman–Crippen MR) is 95.0 cm³/mol. The van der Waals surface area contributed by atoms with E-state index in [9.17, 15) is 18.0 Å². The van der Waals surface area contributed by atoms with Crippen LogP contribution in [0.5, 0.6) is 0 Å². The first-order valence-electron chi connectivity index (χ1n) is 7.78. The van der Waals surface area contributed by atoms with Gasteiger partial charge in [0.25, 0.3) is 5.91 Å². The summed E-state index contributed by atoms with van der Waals surface area (Å²) in [6, 6.07) is 3.65. The Morgan fingerprint density at radius 3 is 2.56 bits per heavy atom. The minimum Gasteiger partial charge on any atom is -0.350 e. The Morgan fingerprint density at radius 1 is 1.36 bits per heavy atom. The van der Waals surface area contributed by atoms with E-state index in [-0.39, 0.29) is 33.7 Å². The van der Waals surface area contributed by atoms with E-state index in [1.165, 1.54) is 23.1 Å². The van der Waals surface area contributed by atoms with Gasteiger partial charge < -0.3 is 10.2 Å². The first-order chi connectivity index (χ1) is 11.4. The molecular formula is C16H22ClN3O4S. The molecule has 1 aliphatic heterocycles. The highest BCUT2D eigenvalue weighted by Gasteiger charge is 2.38. The van der Waals surface area contributed by atoms with Crippen LogP contribution in [0.4, 0.5) is 0 Å². The van der Waals surface area contributed by atoms with Gasteiger partial charge in [0.05, 0.1) is 10.6 Å². The molecule has 1 atom stereocenters. The van der Waals surface area contributed by atoms with Gasteiger partial charge in [-0.05, 0) is 38.5 Å². The number of hydrogen-bond acceptors (Lipinski definition) is 4. The molecule has 1 saturated heterocycles. The van der Waals surface area contributed by atoms with Gasteiger partial charge in [-0.1, -0.05) is 11.6 Å². The zero-order valence-corrected chi connectivity index (χ0v) is 16.2. The van der Waals surface area contributed by atoms with E-state index in [4.69, 9.17) is 11.6 Å². The summed E-state index contributed by atoms with van der Waals surface area (Å²) >= 11 is 6.06. The number of rotatable bonds is 4. The molecule has 25 heavy (non-hydrogen) atoms. The number of amides is 2. The van der Waals surface area contributed by atoms with Crippen molar-refractivity contribution in [2.24, 2.45) is 0 Å². The summed E-state index contributed by atoms with van der Waals surface area (Å²) in [5, 5.41) is 2.81. The minimum atomic E-state index is -3.96. The van der Waals surface area contributed by atoms with Crippen molar-refractivity contribution in [1.82, 2.24) is 14.9 Å². The van der Waals surface area contributed by atoms with Crippen LogP contribution in [0.1, 0.15) is 37.0 Å². The fraction of sp³-hybridized carbons (Fsp3) is 0.500. The molecule has 9 heteroatoms. The van der Waals surface area contributed by atoms with Crippen molar-refractivity contribution in [2.75, 3.05) is 14.1 Å². The smallest absolute Gasteiger partial charge is 0.253 e. The molecule has 1 fully saturated rings. The molecule has 1 unspecified atom stereocenters. The number of carbonyl (C=O) groups excluding carboxylic acids is 2. The lowest BCUT2D eigenvalue weighted by Gasteiger charge is -2.39. The van der Waals surface area contributed by atoms with Gasteiger partial charge in [0.15, 0.2) is 0 Å². The zero-order valence-electron chi connectivity index (χ0n) is 14.6. The Balaban J connectivity index is 2.35. The predicted octanol–water partition coefficient (Wildman–Crippen LogP) is 1.38. The second-order valence-corrected chi connectivity index (χ2v) is 8.92. The quantitative estimate of drug-likeness (QED) is 0.815. The minimum absolute atomic E-state index is 0.0282. The molecule has 138 valence electrons. The molecule has 0 spiro atoms. The number of benzene rings is 1. The van der Waals surface area contributed by atoms with Crippen molar-refractivity contribution in [2.45, 2.75) is 43.2 Å². The molecule has 0 aliphatic carbocycles. The van der Waals surface area contributed by atoms with E-state index in [0.717, 1.165) is 0 Å². The van der Waals surface area contributed by atoms with Crippen LogP contribution >= 0.6 is 11.6 Å². The summed E-state index contributed by atoms with van der Waals surface area (Å²) in [4.78, 5) is 24.8. The maximum absolute atomic E-state index is 12.8. The lowest BCUT2D eigenvalue weighted by atomic mass is 9.88. The van der Waals surface area contributed by atoms with Crippen molar-refractivity contribution < 1.29 is 18.0 Å². The first kappa shape index (κ1) is 19.7. The summed E-state index contributed by atoms with van der Waals surface area (Å²) < 4.78 is 28.2. The van der Waals surface area contributed by atoms with Crippen molar-refractivity contribution in [3.8, 4) is 0 Å². The van der Waals surface area contributed by atoms with Crippen LogP contribution in [-0.4, -0.2) is 50.8 Å². The molecule has 2 rings (SSSR count). The van der Waals surface area contributed by atoms with Crippen molar-refractivity contribution >= 4 is 33.4 Å². The van der Waals surface area contributed by atoms with E-state index in [2.05, 4.69) is 10.0 Å². The third kappa shape index (κ3) is 4.31. The van der Waals surface area contributed by atoms with Crippen molar-refractivity contribution in [3.05, 3.63) is 28.8 Å². The monoisotopic (exact) mass is 387 g/mol. The highest BCUT2D eigenvalue weighted by atomic mass is 35.5. The Kier molecular flexibility index (Phi) is 5.46. The van der Waals surface area contributed by atoms with E-state index < -0.39 is 21.6 Å². The van der Waals surface area contributed by atoms with E-state index in [0.29, 0.717) is 6.42 Å². The number of hydrogen-bond donors (Lipinski definition) is 2. The van der Waals surface area contributed by atoms with Crippen LogP contribution in [0.3, 0.4) is 0 Å². The molecule has 0 radical (unpaired) electrons. The van der Waals surface area contributed by atoms with Crippen LogP contribution in [0.15, 0.2) is 23.1 Å². The summed E-state index contributed by atoms with van der Waals surface area (Å²) in [6.07, 6.45) is 0.621. The summed E-state index contributed by atoms with van der Waals surface area (Å²) in [5.74, 6) is -0.435. The van der Waals surface area contributed by atoms with Gasteiger partial charge in [0.2, 0.25) is 15.9 Å². The van der Waals surface area contributed by atoms with Crippen LogP contribution in [0.25, 0.3) is 0 Å². The number of nitrogens with zero attached hydrogens (tertiary/aromatic N) is 1. The van der Waals surface area contributed by atoms with Gasteiger partial charge in [0, 0.05) is 32.1 Å². The van der Waals surface area contributed by atoms with Crippen LogP contribution in [0.2, 0.25) is 5.02 Å². The average Bonchev–Trinajstić information content (AvgIpc) is 2.49. The molecule has 0 bridgehead atoms. The van der Waals surface area contributed by atoms with E-state index >= 15 is 0 Å². The lowest BCUT2D eigenvalue weighted by Crippen LogP contribution is -2.61.